The first-order valence-corrected chi connectivity index (χ1v) is 17.8. The lowest BCUT2D eigenvalue weighted by Gasteiger charge is -2.36. The van der Waals surface area contributed by atoms with Crippen molar-refractivity contribution in [1.29, 1.82) is 0 Å². The zero-order chi connectivity index (χ0) is 34.8. The molecule has 51 heavy (non-hydrogen) atoms. The summed E-state index contributed by atoms with van der Waals surface area (Å²) in [4.78, 5) is 26.5. The lowest BCUT2D eigenvalue weighted by atomic mass is 9.77. The minimum absolute atomic E-state index is 0.0180. The van der Waals surface area contributed by atoms with Crippen molar-refractivity contribution in [2.75, 3.05) is 5.32 Å². The summed E-state index contributed by atoms with van der Waals surface area (Å²) in [5, 5.41) is 12.1. The number of hydrogen-bond acceptors (Lipinski definition) is 6. The van der Waals surface area contributed by atoms with Crippen LogP contribution < -0.4 is 10.6 Å². The van der Waals surface area contributed by atoms with Crippen LogP contribution in [0.5, 0.6) is 0 Å². The van der Waals surface area contributed by atoms with Gasteiger partial charge in [0, 0.05) is 18.0 Å². The maximum atomic E-state index is 15.4. The standard InChI is InChI=1S/C41H39F2N7O/c42-31-23-34-36(38-44-26-35(43)37(48-38)46-32-21-12-22-33(24-32)47-40(51)27-13-10-11-14-27)49-50(39(34)45-25-31)41(28-15-4-1-5-16-28,29-17-6-2-7-18-29)30-19-8-3-9-20-30/h1-9,15-20,23,25-27,32-33H,10-14,21-22,24H2,(H,47,51)(H,44,46,48)/t32-,33+/m0/s1. The van der Waals surface area contributed by atoms with E-state index in [4.69, 9.17) is 5.10 Å². The molecule has 258 valence electrons. The van der Waals surface area contributed by atoms with Gasteiger partial charge in [-0.15, -0.1) is 0 Å². The third-order valence-electron chi connectivity index (χ3n) is 10.4. The van der Waals surface area contributed by atoms with Crippen molar-refractivity contribution >= 4 is 22.8 Å². The summed E-state index contributed by atoms with van der Waals surface area (Å²) in [6, 6.07) is 31.3. The van der Waals surface area contributed by atoms with Crippen LogP contribution in [0.1, 0.15) is 68.1 Å². The van der Waals surface area contributed by atoms with Gasteiger partial charge in [0.25, 0.3) is 0 Å². The Hall–Kier alpha value is -5.51. The molecular weight excluding hydrogens is 644 g/mol. The molecule has 2 aliphatic rings. The van der Waals surface area contributed by atoms with Gasteiger partial charge in [-0.2, -0.15) is 5.10 Å². The fourth-order valence-electron chi connectivity index (χ4n) is 8.02. The number of nitrogens with one attached hydrogen (secondary N) is 2. The molecule has 8 rings (SSSR count). The minimum atomic E-state index is -1.04. The van der Waals surface area contributed by atoms with Crippen LogP contribution in [-0.2, 0) is 10.3 Å². The van der Waals surface area contributed by atoms with Gasteiger partial charge < -0.3 is 10.6 Å². The highest BCUT2D eigenvalue weighted by molar-refractivity contribution is 5.90. The molecule has 3 aromatic heterocycles. The summed E-state index contributed by atoms with van der Waals surface area (Å²) >= 11 is 0. The van der Waals surface area contributed by atoms with E-state index in [0.717, 1.165) is 67.8 Å². The molecule has 2 aliphatic carbocycles. The van der Waals surface area contributed by atoms with Crippen LogP contribution in [-0.4, -0.2) is 42.7 Å². The van der Waals surface area contributed by atoms with E-state index in [1.807, 2.05) is 95.7 Å². The molecule has 6 aromatic rings. The van der Waals surface area contributed by atoms with Crippen LogP contribution in [0.15, 0.2) is 109 Å². The number of nitrogens with zero attached hydrogens (tertiary/aromatic N) is 5. The molecule has 0 radical (unpaired) electrons. The van der Waals surface area contributed by atoms with E-state index in [9.17, 15) is 4.79 Å². The number of rotatable bonds is 9. The molecule has 0 saturated heterocycles. The number of benzene rings is 3. The summed E-state index contributed by atoms with van der Waals surface area (Å²) in [6.07, 6.45) is 9.67. The number of hydrogen-bond donors (Lipinski definition) is 2. The second-order valence-corrected chi connectivity index (χ2v) is 13.7. The normalized spacial score (nSPS) is 18.2. The minimum Gasteiger partial charge on any atom is -0.365 e. The Bertz CT molecular complexity index is 2040. The predicted molar refractivity (Wildman–Crippen MR) is 193 cm³/mol. The average Bonchev–Trinajstić information content (AvgIpc) is 3.84. The SMILES string of the molecule is O=C(N[C@@H]1CCC[C@H](Nc2nc(-c3nn(C(c4ccccc4)(c4ccccc4)c4ccccc4)c4ncc(F)cc34)ncc2F)C1)C1CCCC1. The number of anilines is 1. The Balaban J connectivity index is 1.22. The smallest absolute Gasteiger partial charge is 0.223 e. The van der Waals surface area contributed by atoms with Gasteiger partial charge in [0.1, 0.15) is 17.1 Å². The van der Waals surface area contributed by atoms with Crippen LogP contribution in [0.25, 0.3) is 22.6 Å². The molecule has 1 amide bonds. The number of carbonyl (C=O) groups is 1. The third-order valence-corrected chi connectivity index (χ3v) is 10.4. The largest absolute Gasteiger partial charge is 0.365 e. The summed E-state index contributed by atoms with van der Waals surface area (Å²) < 4.78 is 32.3. The molecule has 3 aromatic carbocycles. The first-order valence-electron chi connectivity index (χ1n) is 17.8. The quantitative estimate of drug-likeness (QED) is 0.150. The van der Waals surface area contributed by atoms with Crippen molar-refractivity contribution in [3.05, 3.63) is 138 Å². The first kappa shape index (κ1) is 32.7. The number of aromatic nitrogens is 5. The van der Waals surface area contributed by atoms with E-state index in [0.29, 0.717) is 17.5 Å². The van der Waals surface area contributed by atoms with E-state index >= 15 is 8.78 Å². The van der Waals surface area contributed by atoms with Crippen molar-refractivity contribution in [3.63, 3.8) is 0 Å². The molecule has 2 N–H and O–H groups in total. The van der Waals surface area contributed by atoms with Crippen LogP contribution in [0.4, 0.5) is 14.6 Å². The van der Waals surface area contributed by atoms with Gasteiger partial charge in [-0.1, -0.05) is 104 Å². The Labute approximate surface area is 295 Å². The van der Waals surface area contributed by atoms with Crippen LogP contribution >= 0.6 is 0 Å². The van der Waals surface area contributed by atoms with Crippen molar-refractivity contribution in [1.82, 2.24) is 30.0 Å². The molecule has 2 saturated carbocycles. The zero-order valence-electron chi connectivity index (χ0n) is 28.2. The average molecular weight is 684 g/mol. The van der Waals surface area contributed by atoms with Crippen LogP contribution in [0, 0.1) is 17.6 Å². The lowest BCUT2D eigenvalue weighted by Crippen LogP contribution is -2.43. The van der Waals surface area contributed by atoms with Gasteiger partial charge in [0.2, 0.25) is 5.91 Å². The van der Waals surface area contributed by atoms with Crippen LogP contribution in [0.2, 0.25) is 0 Å². The predicted octanol–water partition coefficient (Wildman–Crippen LogP) is 8.04. The van der Waals surface area contributed by atoms with E-state index in [2.05, 4.69) is 25.6 Å². The Kier molecular flexibility index (Phi) is 8.98. The van der Waals surface area contributed by atoms with E-state index in [1.165, 1.54) is 12.3 Å². The van der Waals surface area contributed by atoms with Gasteiger partial charge in [-0.3, -0.25) is 4.79 Å². The van der Waals surface area contributed by atoms with Crippen molar-refractivity contribution < 1.29 is 13.6 Å². The molecule has 3 heterocycles. The first-order chi connectivity index (χ1) is 25.0. The number of pyridine rings is 1. The molecule has 10 heteroatoms. The number of carbonyl (C=O) groups excluding carboxylic acids is 1. The fraction of sp³-hybridized carbons (Fsp3) is 0.293. The molecule has 8 nitrogen and oxygen atoms in total. The molecule has 2 atom stereocenters. The maximum absolute atomic E-state index is 15.4. The monoisotopic (exact) mass is 683 g/mol. The van der Waals surface area contributed by atoms with Gasteiger partial charge in [0.05, 0.1) is 17.8 Å². The number of halogens is 2. The lowest BCUT2D eigenvalue weighted by molar-refractivity contribution is -0.125. The van der Waals surface area contributed by atoms with E-state index in [1.54, 1.807) is 0 Å². The molecule has 0 unspecified atom stereocenters. The highest BCUT2D eigenvalue weighted by Crippen LogP contribution is 2.43. The summed E-state index contributed by atoms with van der Waals surface area (Å²) in [6.45, 7) is 0. The number of amides is 1. The van der Waals surface area contributed by atoms with Gasteiger partial charge >= 0.3 is 0 Å². The zero-order valence-corrected chi connectivity index (χ0v) is 28.2. The second kappa shape index (κ2) is 14.0. The van der Waals surface area contributed by atoms with Gasteiger partial charge in [-0.05, 0) is 61.3 Å². The molecular formula is C41H39F2N7O. The molecule has 0 spiro atoms. The maximum Gasteiger partial charge on any atom is 0.223 e. The van der Waals surface area contributed by atoms with Crippen molar-refractivity contribution in [2.45, 2.75) is 69.0 Å². The molecule has 2 fully saturated rings. The third kappa shape index (κ3) is 6.24. The van der Waals surface area contributed by atoms with Crippen molar-refractivity contribution in [2.24, 2.45) is 5.92 Å². The van der Waals surface area contributed by atoms with E-state index in [-0.39, 0.29) is 41.2 Å². The van der Waals surface area contributed by atoms with Crippen LogP contribution in [0.3, 0.4) is 0 Å². The van der Waals surface area contributed by atoms with E-state index < -0.39 is 17.2 Å². The molecule has 0 bridgehead atoms. The highest BCUT2D eigenvalue weighted by atomic mass is 19.1. The fourth-order valence-corrected chi connectivity index (χ4v) is 8.02. The van der Waals surface area contributed by atoms with Gasteiger partial charge in [0.15, 0.2) is 23.1 Å². The summed E-state index contributed by atoms with van der Waals surface area (Å²) in [7, 11) is 0. The Morgan fingerprint density at radius 2 is 1.35 bits per heavy atom. The van der Waals surface area contributed by atoms with Gasteiger partial charge in [-0.25, -0.2) is 28.4 Å². The highest BCUT2D eigenvalue weighted by Gasteiger charge is 2.42. The second-order valence-electron chi connectivity index (χ2n) is 13.7. The summed E-state index contributed by atoms with van der Waals surface area (Å²) in [5.41, 5.74) is 2.40. The number of fused-ring (bicyclic) bond motifs is 1. The molecule has 0 aliphatic heterocycles. The Morgan fingerprint density at radius 3 is 1.98 bits per heavy atom. The topological polar surface area (TPSA) is 97.6 Å². The summed E-state index contributed by atoms with van der Waals surface area (Å²) in [5.74, 6) is -0.731. The van der Waals surface area contributed by atoms with Crippen molar-refractivity contribution in [3.8, 4) is 11.5 Å². The Morgan fingerprint density at radius 1 is 0.745 bits per heavy atom.